The molecule has 2 aromatic carbocycles. The Labute approximate surface area is 148 Å². The lowest BCUT2D eigenvalue weighted by atomic mass is 10.1. The fourth-order valence-corrected chi connectivity index (χ4v) is 2.82. The molecule has 0 aliphatic carbocycles. The first-order chi connectivity index (χ1) is 12.0. The topological polar surface area (TPSA) is 88.1 Å². The molecular formula is C17H15ClN2O5. The lowest BCUT2D eigenvalue weighted by Gasteiger charge is -2.17. The highest BCUT2D eigenvalue weighted by molar-refractivity contribution is 6.31. The minimum absolute atomic E-state index is 0.124. The Balaban J connectivity index is 1.98. The molecule has 0 spiro atoms. The van der Waals surface area contributed by atoms with Crippen LogP contribution in [0.1, 0.15) is 11.6 Å². The summed E-state index contributed by atoms with van der Waals surface area (Å²) in [5.74, 6) is -0.0176. The minimum atomic E-state index is -0.937. The maximum Gasteiger partial charge on any atom is 0.329 e. The highest BCUT2D eigenvalue weighted by Crippen LogP contribution is 2.37. The number of nitrogens with zero attached hydrogens (tertiary/aromatic N) is 1. The van der Waals surface area contributed by atoms with Gasteiger partial charge in [0, 0.05) is 5.02 Å². The number of hydrogen-bond donors (Lipinski definition) is 2. The number of benzene rings is 2. The number of aromatic hydroxyl groups is 1. The van der Waals surface area contributed by atoms with Gasteiger partial charge in [0.2, 0.25) is 0 Å². The molecule has 1 heterocycles. The average Bonchev–Trinajstić information content (AvgIpc) is 2.89. The number of methoxy groups -OCH3 is 2. The van der Waals surface area contributed by atoms with E-state index in [-0.39, 0.29) is 17.2 Å². The van der Waals surface area contributed by atoms with Crippen LogP contribution in [0.15, 0.2) is 36.4 Å². The number of carbonyl (C=O) groups excluding carboxylic acids is 2. The summed E-state index contributed by atoms with van der Waals surface area (Å²) < 4.78 is 10.2. The summed E-state index contributed by atoms with van der Waals surface area (Å²) in [5.41, 5.74) is 0.679. The van der Waals surface area contributed by atoms with Crippen molar-refractivity contribution >= 4 is 29.2 Å². The maximum atomic E-state index is 12.8. The van der Waals surface area contributed by atoms with Crippen molar-refractivity contribution in [2.45, 2.75) is 6.04 Å². The zero-order valence-electron chi connectivity index (χ0n) is 13.4. The Morgan fingerprint density at radius 1 is 1.08 bits per heavy atom. The number of anilines is 1. The summed E-state index contributed by atoms with van der Waals surface area (Å²) in [6.07, 6.45) is 0. The van der Waals surface area contributed by atoms with Gasteiger partial charge in [0.15, 0.2) is 11.5 Å². The maximum absolute atomic E-state index is 12.8. The van der Waals surface area contributed by atoms with E-state index < -0.39 is 18.0 Å². The third-order valence-electron chi connectivity index (χ3n) is 3.86. The van der Waals surface area contributed by atoms with Crippen LogP contribution < -0.4 is 19.7 Å². The monoisotopic (exact) mass is 362 g/mol. The van der Waals surface area contributed by atoms with Gasteiger partial charge in [-0.25, -0.2) is 9.69 Å². The van der Waals surface area contributed by atoms with E-state index in [0.29, 0.717) is 16.3 Å². The first-order valence-corrected chi connectivity index (χ1v) is 7.69. The molecule has 0 unspecified atom stereocenters. The molecule has 1 fully saturated rings. The Kier molecular flexibility index (Phi) is 4.41. The summed E-state index contributed by atoms with van der Waals surface area (Å²) in [6, 6.07) is 7.60. The third-order valence-corrected chi connectivity index (χ3v) is 4.09. The van der Waals surface area contributed by atoms with E-state index in [1.807, 2.05) is 0 Å². The number of phenols is 1. The van der Waals surface area contributed by atoms with Crippen molar-refractivity contribution in [1.29, 1.82) is 0 Å². The van der Waals surface area contributed by atoms with Crippen molar-refractivity contribution in [3.05, 3.63) is 47.0 Å². The molecule has 130 valence electrons. The van der Waals surface area contributed by atoms with Crippen LogP contribution >= 0.6 is 11.6 Å². The molecule has 25 heavy (non-hydrogen) atoms. The second-order valence-corrected chi connectivity index (χ2v) is 5.74. The number of imide groups is 1. The van der Waals surface area contributed by atoms with Crippen LogP contribution in [0, 0.1) is 0 Å². The fourth-order valence-electron chi connectivity index (χ4n) is 2.66. The van der Waals surface area contributed by atoms with Crippen molar-refractivity contribution in [3.63, 3.8) is 0 Å². The van der Waals surface area contributed by atoms with Crippen LogP contribution in [0.2, 0.25) is 5.02 Å². The van der Waals surface area contributed by atoms with Crippen LogP contribution in [0.5, 0.6) is 17.2 Å². The van der Waals surface area contributed by atoms with Gasteiger partial charge in [0.1, 0.15) is 11.8 Å². The van der Waals surface area contributed by atoms with Gasteiger partial charge in [-0.2, -0.15) is 0 Å². The SMILES string of the molecule is COc1ccc([C@@H]2NC(=O)N(c3cc(Cl)ccc3OC)C2=O)cc1O. The quantitative estimate of drug-likeness (QED) is 0.816. The van der Waals surface area contributed by atoms with Crippen molar-refractivity contribution in [2.75, 3.05) is 19.1 Å². The fraction of sp³-hybridized carbons (Fsp3) is 0.176. The number of amides is 3. The van der Waals surface area contributed by atoms with Gasteiger partial charge in [0.05, 0.1) is 19.9 Å². The minimum Gasteiger partial charge on any atom is -0.504 e. The first-order valence-electron chi connectivity index (χ1n) is 7.31. The van der Waals surface area contributed by atoms with Crippen LogP contribution in [-0.2, 0) is 4.79 Å². The van der Waals surface area contributed by atoms with E-state index in [4.69, 9.17) is 21.1 Å². The highest BCUT2D eigenvalue weighted by Gasteiger charge is 2.41. The van der Waals surface area contributed by atoms with E-state index in [1.54, 1.807) is 18.2 Å². The lowest BCUT2D eigenvalue weighted by Crippen LogP contribution is -2.31. The van der Waals surface area contributed by atoms with Crippen molar-refractivity contribution in [2.24, 2.45) is 0 Å². The summed E-state index contributed by atoms with van der Waals surface area (Å²) in [5, 5.41) is 12.9. The zero-order chi connectivity index (χ0) is 18.1. The normalized spacial score (nSPS) is 16.8. The highest BCUT2D eigenvalue weighted by atomic mass is 35.5. The summed E-state index contributed by atoms with van der Waals surface area (Å²) in [4.78, 5) is 26.1. The molecule has 1 aliphatic rings. The number of ether oxygens (including phenoxy) is 2. The van der Waals surface area contributed by atoms with Gasteiger partial charge in [0.25, 0.3) is 5.91 Å². The molecule has 8 heteroatoms. The van der Waals surface area contributed by atoms with Crippen LogP contribution in [0.3, 0.4) is 0 Å². The Morgan fingerprint density at radius 2 is 1.76 bits per heavy atom. The predicted octanol–water partition coefficient (Wildman–Crippen LogP) is 2.86. The van der Waals surface area contributed by atoms with E-state index in [1.165, 1.54) is 32.4 Å². The zero-order valence-corrected chi connectivity index (χ0v) is 14.2. The first kappa shape index (κ1) is 16.9. The number of halogens is 1. The largest absolute Gasteiger partial charge is 0.504 e. The number of rotatable bonds is 4. The van der Waals surface area contributed by atoms with Crippen LogP contribution in [0.4, 0.5) is 10.5 Å². The second kappa shape index (κ2) is 6.52. The molecule has 3 amide bonds. The van der Waals surface area contributed by atoms with Crippen molar-refractivity contribution in [1.82, 2.24) is 5.32 Å². The molecule has 1 atom stereocenters. The number of hydrogen-bond acceptors (Lipinski definition) is 5. The van der Waals surface area contributed by atoms with Gasteiger partial charge in [-0.05, 0) is 35.9 Å². The molecular weight excluding hydrogens is 348 g/mol. The van der Waals surface area contributed by atoms with Crippen molar-refractivity contribution < 1.29 is 24.2 Å². The number of nitrogens with one attached hydrogen (secondary N) is 1. The average molecular weight is 363 g/mol. The molecule has 0 bridgehead atoms. The number of urea groups is 1. The van der Waals surface area contributed by atoms with E-state index in [9.17, 15) is 14.7 Å². The van der Waals surface area contributed by atoms with Crippen LogP contribution in [0.25, 0.3) is 0 Å². The summed E-state index contributed by atoms with van der Waals surface area (Å²) in [7, 11) is 2.86. The van der Waals surface area contributed by atoms with E-state index in [2.05, 4.69) is 5.32 Å². The molecule has 2 aromatic rings. The Morgan fingerprint density at radius 3 is 2.40 bits per heavy atom. The van der Waals surface area contributed by atoms with E-state index >= 15 is 0 Å². The Bertz CT molecular complexity index is 855. The van der Waals surface area contributed by atoms with Gasteiger partial charge in [-0.15, -0.1) is 0 Å². The molecule has 1 aliphatic heterocycles. The predicted molar refractivity (Wildman–Crippen MR) is 91.4 cm³/mol. The second-order valence-electron chi connectivity index (χ2n) is 5.30. The molecule has 1 saturated heterocycles. The summed E-state index contributed by atoms with van der Waals surface area (Å²) >= 11 is 5.98. The van der Waals surface area contributed by atoms with Gasteiger partial charge in [-0.3, -0.25) is 4.79 Å². The molecule has 7 nitrogen and oxygen atoms in total. The summed E-state index contributed by atoms with van der Waals surface area (Å²) in [6.45, 7) is 0. The van der Waals surface area contributed by atoms with Gasteiger partial charge in [-0.1, -0.05) is 17.7 Å². The third kappa shape index (κ3) is 2.94. The molecule has 2 N–H and O–H groups in total. The van der Waals surface area contributed by atoms with Gasteiger partial charge >= 0.3 is 6.03 Å². The smallest absolute Gasteiger partial charge is 0.329 e. The standard InChI is InChI=1S/C17H15ClN2O5/c1-24-13-6-4-10(18)8-11(13)20-16(22)15(19-17(20)23)9-3-5-14(25-2)12(21)7-9/h3-8,15,21H,1-2H3,(H,19,23)/t15-/m0/s1. The van der Waals surface area contributed by atoms with Crippen molar-refractivity contribution in [3.8, 4) is 17.2 Å². The molecule has 3 rings (SSSR count). The Hall–Kier alpha value is -2.93. The molecule has 0 saturated carbocycles. The van der Waals surface area contributed by atoms with Gasteiger partial charge < -0.3 is 19.9 Å². The van der Waals surface area contributed by atoms with E-state index in [0.717, 1.165) is 4.90 Å². The van der Waals surface area contributed by atoms with Crippen LogP contribution in [-0.4, -0.2) is 31.3 Å². The number of phenolic OH excluding ortho intramolecular Hbond substituents is 1. The molecule has 0 aromatic heterocycles. The lowest BCUT2D eigenvalue weighted by molar-refractivity contribution is -0.118. The number of carbonyl (C=O) groups is 2. The molecule has 0 radical (unpaired) electrons.